The predicted octanol–water partition coefficient (Wildman–Crippen LogP) is 1.42. The lowest BCUT2D eigenvalue weighted by molar-refractivity contribution is -0.133. The Kier molecular flexibility index (Phi) is 6.34. The molecule has 22 heavy (non-hydrogen) atoms. The second-order valence-corrected chi connectivity index (χ2v) is 5.15. The first-order valence-corrected chi connectivity index (χ1v) is 6.74. The van der Waals surface area contributed by atoms with Gasteiger partial charge in [-0.1, -0.05) is 36.4 Å². The fraction of sp³-hybridized carbons (Fsp3) is 0.250. The van der Waals surface area contributed by atoms with E-state index >= 15 is 0 Å². The SMILES string of the molecule is CN(Cc1ccc2ccccc2c1)C(=O)C(N)CC(N)=O.Cl. The van der Waals surface area contributed by atoms with Crippen LogP contribution in [0.15, 0.2) is 42.5 Å². The van der Waals surface area contributed by atoms with Gasteiger partial charge in [0.1, 0.15) is 0 Å². The molecule has 5 nitrogen and oxygen atoms in total. The van der Waals surface area contributed by atoms with Gasteiger partial charge in [0.15, 0.2) is 0 Å². The molecule has 0 aliphatic heterocycles. The molecule has 118 valence electrons. The van der Waals surface area contributed by atoms with E-state index in [2.05, 4.69) is 0 Å². The lowest BCUT2D eigenvalue weighted by atomic mass is 10.1. The van der Waals surface area contributed by atoms with Crippen molar-refractivity contribution in [2.24, 2.45) is 11.5 Å². The Morgan fingerprint density at radius 1 is 1.14 bits per heavy atom. The van der Waals surface area contributed by atoms with E-state index in [0.29, 0.717) is 6.54 Å². The summed E-state index contributed by atoms with van der Waals surface area (Å²) in [5, 5.41) is 2.28. The zero-order valence-electron chi connectivity index (χ0n) is 12.4. The molecule has 0 fully saturated rings. The Bertz CT molecular complexity index is 675. The van der Waals surface area contributed by atoms with E-state index in [0.717, 1.165) is 16.3 Å². The molecule has 2 aromatic carbocycles. The average Bonchev–Trinajstić information content (AvgIpc) is 2.45. The second-order valence-electron chi connectivity index (χ2n) is 5.15. The number of nitrogens with zero attached hydrogens (tertiary/aromatic N) is 1. The van der Waals surface area contributed by atoms with Crippen molar-refractivity contribution in [2.75, 3.05) is 7.05 Å². The van der Waals surface area contributed by atoms with E-state index in [9.17, 15) is 9.59 Å². The molecule has 0 heterocycles. The van der Waals surface area contributed by atoms with E-state index < -0.39 is 11.9 Å². The number of carbonyl (C=O) groups is 2. The van der Waals surface area contributed by atoms with Crippen LogP contribution in [0.2, 0.25) is 0 Å². The molecular formula is C16H20ClN3O2. The number of benzene rings is 2. The van der Waals surface area contributed by atoms with Crippen LogP contribution < -0.4 is 11.5 Å². The summed E-state index contributed by atoms with van der Waals surface area (Å²) in [4.78, 5) is 24.4. The number of fused-ring (bicyclic) bond motifs is 1. The molecule has 1 unspecified atom stereocenters. The summed E-state index contributed by atoms with van der Waals surface area (Å²) in [6.45, 7) is 0.441. The number of hydrogen-bond acceptors (Lipinski definition) is 3. The monoisotopic (exact) mass is 321 g/mol. The zero-order valence-corrected chi connectivity index (χ0v) is 13.2. The molecule has 2 amide bonds. The minimum absolute atomic E-state index is 0. The molecular weight excluding hydrogens is 302 g/mol. The molecule has 2 aromatic rings. The molecule has 0 radical (unpaired) electrons. The molecule has 0 saturated heterocycles. The van der Waals surface area contributed by atoms with Gasteiger partial charge < -0.3 is 16.4 Å². The number of likely N-dealkylation sites (N-methyl/N-ethyl adjacent to an activating group) is 1. The Hall–Kier alpha value is -2.11. The number of hydrogen-bond donors (Lipinski definition) is 2. The van der Waals surface area contributed by atoms with Gasteiger partial charge in [-0.2, -0.15) is 0 Å². The van der Waals surface area contributed by atoms with Gasteiger partial charge in [0, 0.05) is 13.6 Å². The van der Waals surface area contributed by atoms with Gasteiger partial charge in [-0.15, -0.1) is 12.4 Å². The van der Waals surface area contributed by atoms with Crippen molar-refractivity contribution in [3.05, 3.63) is 48.0 Å². The number of halogens is 1. The van der Waals surface area contributed by atoms with Crippen molar-refractivity contribution < 1.29 is 9.59 Å². The normalized spacial score (nSPS) is 11.5. The highest BCUT2D eigenvalue weighted by Gasteiger charge is 2.20. The van der Waals surface area contributed by atoms with Crippen LogP contribution in [-0.2, 0) is 16.1 Å². The highest BCUT2D eigenvalue weighted by atomic mass is 35.5. The fourth-order valence-corrected chi connectivity index (χ4v) is 2.28. The topological polar surface area (TPSA) is 89.4 Å². The number of nitrogens with two attached hydrogens (primary N) is 2. The molecule has 0 aromatic heterocycles. The fourth-order valence-electron chi connectivity index (χ4n) is 2.28. The first kappa shape index (κ1) is 17.9. The third kappa shape index (κ3) is 4.44. The minimum Gasteiger partial charge on any atom is -0.370 e. The maximum absolute atomic E-state index is 12.0. The Morgan fingerprint density at radius 3 is 2.41 bits per heavy atom. The van der Waals surface area contributed by atoms with Crippen molar-refractivity contribution in [1.82, 2.24) is 4.90 Å². The van der Waals surface area contributed by atoms with Crippen molar-refractivity contribution >= 4 is 35.0 Å². The summed E-state index contributed by atoms with van der Waals surface area (Å²) >= 11 is 0. The van der Waals surface area contributed by atoms with Gasteiger partial charge in [0.05, 0.1) is 12.5 Å². The van der Waals surface area contributed by atoms with E-state index in [1.807, 2.05) is 42.5 Å². The van der Waals surface area contributed by atoms with Crippen LogP contribution in [0.5, 0.6) is 0 Å². The van der Waals surface area contributed by atoms with Gasteiger partial charge in [-0.05, 0) is 22.4 Å². The summed E-state index contributed by atoms with van der Waals surface area (Å²) in [7, 11) is 1.67. The Balaban J connectivity index is 0.00000242. The summed E-state index contributed by atoms with van der Waals surface area (Å²) in [5.41, 5.74) is 11.7. The van der Waals surface area contributed by atoms with Crippen LogP contribution in [0.3, 0.4) is 0 Å². The second kappa shape index (κ2) is 7.77. The molecule has 6 heteroatoms. The van der Waals surface area contributed by atoms with E-state index in [4.69, 9.17) is 11.5 Å². The quantitative estimate of drug-likeness (QED) is 0.872. The van der Waals surface area contributed by atoms with Crippen LogP contribution in [0.1, 0.15) is 12.0 Å². The predicted molar refractivity (Wildman–Crippen MR) is 89.5 cm³/mol. The first-order valence-electron chi connectivity index (χ1n) is 6.74. The summed E-state index contributed by atoms with van der Waals surface area (Å²) < 4.78 is 0. The van der Waals surface area contributed by atoms with Crippen LogP contribution in [0.4, 0.5) is 0 Å². The summed E-state index contributed by atoms with van der Waals surface area (Å²) in [6, 6.07) is 13.2. The summed E-state index contributed by atoms with van der Waals surface area (Å²) in [6.07, 6.45) is -0.138. The maximum atomic E-state index is 12.0. The molecule has 0 spiro atoms. The highest BCUT2D eigenvalue weighted by molar-refractivity contribution is 5.87. The Morgan fingerprint density at radius 2 is 1.77 bits per heavy atom. The van der Waals surface area contributed by atoms with E-state index in [1.54, 1.807) is 7.05 Å². The largest absolute Gasteiger partial charge is 0.370 e. The highest BCUT2D eigenvalue weighted by Crippen LogP contribution is 2.16. The van der Waals surface area contributed by atoms with Crippen LogP contribution >= 0.6 is 12.4 Å². The molecule has 2 rings (SSSR count). The van der Waals surface area contributed by atoms with Crippen molar-refractivity contribution in [3.63, 3.8) is 0 Å². The van der Waals surface area contributed by atoms with Crippen LogP contribution in [0.25, 0.3) is 10.8 Å². The maximum Gasteiger partial charge on any atom is 0.240 e. The average molecular weight is 322 g/mol. The Labute approximate surface area is 135 Å². The van der Waals surface area contributed by atoms with E-state index in [-0.39, 0.29) is 24.7 Å². The van der Waals surface area contributed by atoms with Crippen molar-refractivity contribution in [3.8, 4) is 0 Å². The van der Waals surface area contributed by atoms with Gasteiger partial charge >= 0.3 is 0 Å². The molecule has 0 aliphatic carbocycles. The van der Waals surface area contributed by atoms with Crippen LogP contribution in [0, 0.1) is 0 Å². The lowest BCUT2D eigenvalue weighted by Gasteiger charge is -2.21. The van der Waals surface area contributed by atoms with Gasteiger partial charge in [-0.3, -0.25) is 9.59 Å². The third-order valence-corrected chi connectivity index (χ3v) is 3.35. The minimum atomic E-state index is -0.882. The molecule has 1 atom stereocenters. The molecule has 4 N–H and O–H groups in total. The standard InChI is InChI=1S/C16H19N3O2.ClH/c1-19(16(21)14(17)9-15(18)20)10-11-6-7-12-4-2-3-5-13(12)8-11;/h2-8,14H,9-10,17H2,1H3,(H2,18,20);1H. The summed E-state index contributed by atoms with van der Waals surface area (Å²) in [5.74, 6) is -0.864. The lowest BCUT2D eigenvalue weighted by Crippen LogP contribution is -2.43. The van der Waals surface area contributed by atoms with E-state index in [1.165, 1.54) is 4.90 Å². The van der Waals surface area contributed by atoms with Gasteiger partial charge in [0.2, 0.25) is 11.8 Å². The van der Waals surface area contributed by atoms with Crippen molar-refractivity contribution in [1.29, 1.82) is 0 Å². The number of amides is 2. The first-order chi connectivity index (χ1) is 9.97. The zero-order chi connectivity index (χ0) is 15.4. The molecule has 0 saturated carbocycles. The van der Waals surface area contributed by atoms with Gasteiger partial charge in [0.25, 0.3) is 0 Å². The number of rotatable bonds is 5. The number of carbonyl (C=O) groups excluding carboxylic acids is 2. The van der Waals surface area contributed by atoms with Crippen LogP contribution in [-0.4, -0.2) is 29.8 Å². The molecule has 0 bridgehead atoms. The third-order valence-electron chi connectivity index (χ3n) is 3.35. The molecule has 0 aliphatic rings. The van der Waals surface area contributed by atoms with Crippen molar-refractivity contribution in [2.45, 2.75) is 19.0 Å². The van der Waals surface area contributed by atoms with Gasteiger partial charge in [-0.25, -0.2) is 0 Å². The number of primary amides is 1. The smallest absolute Gasteiger partial charge is 0.240 e.